The summed E-state index contributed by atoms with van der Waals surface area (Å²) < 4.78 is 0. The Morgan fingerprint density at radius 3 is 2.67 bits per heavy atom. The van der Waals surface area contributed by atoms with Crippen LogP contribution in [0.15, 0.2) is 16.9 Å². The molecular weight excluding hydrogens is 231 g/mol. The maximum Gasteiger partial charge on any atom is 0.205 e. The zero-order valence-electron chi connectivity index (χ0n) is 4.97. The van der Waals surface area contributed by atoms with Crippen LogP contribution in [0, 0.1) is 0 Å². The van der Waals surface area contributed by atoms with E-state index >= 15 is 0 Å². The van der Waals surface area contributed by atoms with Crippen molar-refractivity contribution >= 4 is 12.6 Å². The van der Waals surface area contributed by atoms with E-state index in [4.69, 9.17) is 0 Å². The van der Waals surface area contributed by atoms with Crippen LogP contribution in [0.4, 0.5) is 0 Å². The van der Waals surface area contributed by atoms with Gasteiger partial charge in [-0.15, -0.1) is 0 Å². The molecule has 0 radical (unpaired) electrons. The van der Waals surface area contributed by atoms with Crippen molar-refractivity contribution in [3.8, 4) is 0 Å². The molecule has 0 aromatic rings. The minimum absolute atomic E-state index is 0. The molecule has 0 spiro atoms. The van der Waals surface area contributed by atoms with Crippen molar-refractivity contribution in [2.24, 2.45) is 4.99 Å². The van der Waals surface area contributed by atoms with Gasteiger partial charge in [-0.05, 0) is 0 Å². The molecule has 1 aliphatic rings. The lowest BCUT2D eigenvalue weighted by atomic mass is 10.5. The predicted octanol–water partition coefficient (Wildman–Crippen LogP) is -4.41. The van der Waals surface area contributed by atoms with Gasteiger partial charge in [-0.3, -0.25) is 9.69 Å². The molecule has 4 heteroatoms. The molecule has 3 nitrogen and oxygen atoms in total. The van der Waals surface area contributed by atoms with Gasteiger partial charge < -0.3 is 24.0 Å². The van der Waals surface area contributed by atoms with Gasteiger partial charge in [0.05, 0.1) is 13.2 Å². The van der Waals surface area contributed by atoms with Crippen LogP contribution in [0.25, 0.3) is 0 Å². The minimum atomic E-state index is 0. The fraction of sp³-hybridized carbons (Fsp3) is 0.200. The second-order valence-electron chi connectivity index (χ2n) is 1.66. The number of hydrogen-bond donors (Lipinski definition) is 1. The first kappa shape index (κ1) is 8.77. The Kier molecular flexibility index (Phi) is 3.64. The van der Waals surface area contributed by atoms with Gasteiger partial charge in [-0.1, -0.05) is 0 Å². The Balaban J connectivity index is 0.000000640. The third-order valence-electron chi connectivity index (χ3n) is 1.06. The van der Waals surface area contributed by atoms with Gasteiger partial charge >= 0.3 is 0 Å². The highest BCUT2D eigenvalue weighted by Gasteiger charge is 2.09. The maximum absolute atomic E-state index is 10.0. The minimum Gasteiger partial charge on any atom is -1.00 e. The van der Waals surface area contributed by atoms with E-state index in [-0.39, 0.29) is 24.0 Å². The van der Waals surface area contributed by atoms with Crippen LogP contribution in [-0.2, 0) is 4.79 Å². The lowest BCUT2D eigenvalue weighted by Crippen LogP contribution is -3.05. The summed E-state index contributed by atoms with van der Waals surface area (Å²) >= 11 is 0. The van der Waals surface area contributed by atoms with Crippen molar-refractivity contribution in [1.29, 1.82) is 0 Å². The highest BCUT2D eigenvalue weighted by Crippen LogP contribution is 1.80. The molecule has 0 aromatic carbocycles. The van der Waals surface area contributed by atoms with Crippen LogP contribution in [0.3, 0.4) is 0 Å². The van der Waals surface area contributed by atoms with E-state index in [0.717, 1.165) is 11.2 Å². The number of quaternary nitrogens is 1. The number of hydrogen-bond acceptors (Lipinski definition) is 2. The van der Waals surface area contributed by atoms with Gasteiger partial charge in [0.15, 0.2) is 12.0 Å². The maximum atomic E-state index is 10.0. The number of nitrogens with one attached hydrogen (secondary N) is 1. The standard InChI is InChI=1S/C5H6N2O.HI/c1-7-4-6-2-5(7)3-8;/h2-4H,1H3;1H. The molecular formula is C5H7IN2O. The summed E-state index contributed by atoms with van der Waals surface area (Å²) in [5.41, 5.74) is 0.685. The Hall–Kier alpha value is -0.230. The predicted molar refractivity (Wildman–Crippen MR) is 29.5 cm³/mol. The first-order valence-corrected chi connectivity index (χ1v) is 2.37. The lowest BCUT2D eigenvalue weighted by Gasteiger charge is -1.95. The molecule has 1 aliphatic heterocycles. The molecule has 0 saturated carbocycles. The molecule has 0 amide bonds. The van der Waals surface area contributed by atoms with Crippen LogP contribution in [0.5, 0.6) is 0 Å². The first-order chi connectivity index (χ1) is 3.84. The molecule has 1 heterocycles. The van der Waals surface area contributed by atoms with E-state index in [2.05, 4.69) is 4.99 Å². The Morgan fingerprint density at radius 2 is 2.44 bits per heavy atom. The quantitative estimate of drug-likeness (QED) is 0.363. The lowest BCUT2D eigenvalue weighted by molar-refractivity contribution is -0.720. The fourth-order valence-corrected chi connectivity index (χ4v) is 0.529. The Labute approximate surface area is 70.5 Å². The zero-order chi connectivity index (χ0) is 5.98. The first-order valence-electron chi connectivity index (χ1n) is 2.37. The molecule has 1 atom stereocenters. The van der Waals surface area contributed by atoms with Gasteiger partial charge in [-0.25, -0.2) is 4.99 Å². The number of rotatable bonds is 1. The highest BCUT2D eigenvalue weighted by atomic mass is 127. The molecule has 1 rings (SSSR count). The summed E-state index contributed by atoms with van der Waals surface area (Å²) in [6.07, 6.45) is 4.04. The van der Waals surface area contributed by atoms with E-state index in [0.29, 0.717) is 5.70 Å². The number of aldehydes is 1. The van der Waals surface area contributed by atoms with Gasteiger partial charge in [0.2, 0.25) is 6.29 Å². The summed E-state index contributed by atoms with van der Waals surface area (Å²) in [6.45, 7) is 0. The van der Waals surface area contributed by atoms with Gasteiger partial charge in [0, 0.05) is 0 Å². The zero-order valence-corrected chi connectivity index (χ0v) is 7.12. The number of nitrogens with zero attached hydrogens (tertiary/aromatic N) is 1. The van der Waals surface area contributed by atoms with Crippen molar-refractivity contribution in [2.45, 2.75) is 0 Å². The number of carbonyl (C=O) groups is 1. The number of likely N-dealkylation sites (N-methyl/N-ethyl adjacent to an activating group) is 1. The summed E-state index contributed by atoms with van der Waals surface area (Å²) in [5.74, 6) is 0. The summed E-state index contributed by atoms with van der Waals surface area (Å²) in [4.78, 5) is 14.8. The molecule has 0 aromatic heterocycles. The van der Waals surface area contributed by atoms with E-state index in [9.17, 15) is 4.79 Å². The summed E-state index contributed by atoms with van der Waals surface area (Å²) in [5, 5.41) is 0. The SMILES string of the molecule is C[NH+]1C=NC=C1C=O.[I-]. The van der Waals surface area contributed by atoms with Crippen LogP contribution in [-0.4, -0.2) is 19.7 Å². The average Bonchev–Trinajstić information content (AvgIpc) is 2.14. The topological polar surface area (TPSA) is 33.9 Å². The highest BCUT2D eigenvalue weighted by molar-refractivity contribution is 5.73. The third kappa shape index (κ3) is 1.87. The van der Waals surface area contributed by atoms with Crippen molar-refractivity contribution < 1.29 is 33.7 Å². The molecule has 0 aliphatic carbocycles. The smallest absolute Gasteiger partial charge is 0.205 e. The van der Waals surface area contributed by atoms with E-state index in [1.165, 1.54) is 0 Å². The van der Waals surface area contributed by atoms with E-state index in [1.807, 2.05) is 7.05 Å². The molecule has 0 saturated heterocycles. The molecule has 0 fully saturated rings. The van der Waals surface area contributed by atoms with Crippen LogP contribution < -0.4 is 28.9 Å². The third-order valence-corrected chi connectivity index (χ3v) is 1.06. The van der Waals surface area contributed by atoms with Crippen LogP contribution >= 0.6 is 0 Å². The van der Waals surface area contributed by atoms with Crippen molar-refractivity contribution in [2.75, 3.05) is 7.05 Å². The number of aliphatic imine (C=N–C) groups is 1. The Morgan fingerprint density at radius 1 is 1.78 bits per heavy atom. The van der Waals surface area contributed by atoms with Gasteiger partial charge in [-0.2, -0.15) is 0 Å². The summed E-state index contributed by atoms with van der Waals surface area (Å²) in [7, 11) is 1.86. The van der Waals surface area contributed by atoms with Gasteiger partial charge in [0.1, 0.15) is 0 Å². The van der Waals surface area contributed by atoms with E-state index in [1.54, 1.807) is 12.5 Å². The van der Waals surface area contributed by atoms with Gasteiger partial charge in [0.25, 0.3) is 0 Å². The number of allylic oxidation sites excluding steroid dienone is 1. The molecule has 50 valence electrons. The fourth-order valence-electron chi connectivity index (χ4n) is 0.529. The molecule has 1 N–H and O–H groups in total. The second kappa shape index (κ2) is 3.73. The number of carbonyl (C=O) groups excluding carboxylic acids is 1. The average molecular weight is 238 g/mol. The number of halogens is 1. The van der Waals surface area contributed by atoms with Crippen LogP contribution in [0.1, 0.15) is 0 Å². The largest absolute Gasteiger partial charge is 1.00 e. The van der Waals surface area contributed by atoms with Crippen molar-refractivity contribution in [3.05, 3.63) is 11.9 Å². The monoisotopic (exact) mass is 238 g/mol. The molecule has 0 bridgehead atoms. The van der Waals surface area contributed by atoms with Crippen molar-refractivity contribution in [1.82, 2.24) is 0 Å². The van der Waals surface area contributed by atoms with Crippen LogP contribution in [0.2, 0.25) is 0 Å². The van der Waals surface area contributed by atoms with E-state index < -0.39 is 0 Å². The second-order valence-corrected chi connectivity index (χ2v) is 1.66. The molecule has 1 unspecified atom stereocenters. The van der Waals surface area contributed by atoms with Crippen molar-refractivity contribution in [3.63, 3.8) is 0 Å². The normalized spacial score (nSPS) is 22.8. The molecule has 9 heavy (non-hydrogen) atoms. The Bertz CT molecular complexity index is 164. The summed E-state index contributed by atoms with van der Waals surface area (Å²) in [6, 6.07) is 0.